The van der Waals surface area contributed by atoms with Crippen LogP contribution in [0.2, 0.25) is 0 Å². The second-order valence-electron chi connectivity index (χ2n) is 5.35. The number of thiazole rings is 1. The predicted octanol–water partition coefficient (Wildman–Crippen LogP) is 2.10. The predicted molar refractivity (Wildman–Crippen MR) is 75.9 cm³/mol. The number of nitrogens with zero attached hydrogens (tertiary/aromatic N) is 4. The van der Waals surface area contributed by atoms with Gasteiger partial charge in [0.05, 0.1) is 17.5 Å². The average molecular weight is 345 g/mol. The van der Waals surface area contributed by atoms with Crippen LogP contribution in [0.15, 0.2) is 5.38 Å². The molecule has 0 aliphatic carbocycles. The van der Waals surface area contributed by atoms with Gasteiger partial charge in [-0.25, -0.2) is 4.98 Å². The Kier molecular flexibility index (Phi) is 4.09. The fraction of sp³-hybridized carbons (Fsp3) is 0.538. The Labute approximate surface area is 133 Å². The Hall–Kier alpha value is -1.97. The monoisotopic (exact) mass is 345 g/mol. The summed E-state index contributed by atoms with van der Waals surface area (Å²) in [6, 6.07) is 0. The topological polar surface area (TPSA) is 72.7 Å². The zero-order chi connectivity index (χ0) is 16.6. The molecule has 0 fully saturated rings. The van der Waals surface area contributed by atoms with E-state index in [0.29, 0.717) is 17.3 Å². The van der Waals surface area contributed by atoms with Gasteiger partial charge in [-0.15, -0.1) is 21.5 Å². The molecule has 0 radical (unpaired) electrons. The van der Waals surface area contributed by atoms with E-state index < -0.39 is 12.1 Å². The molecule has 3 heterocycles. The first-order chi connectivity index (χ1) is 10.8. The molecule has 0 unspecified atom stereocenters. The summed E-state index contributed by atoms with van der Waals surface area (Å²) in [5, 5.41) is 12.8. The average Bonchev–Trinajstić information content (AvgIpc) is 3.09. The highest BCUT2D eigenvalue weighted by Gasteiger charge is 2.42. The molecule has 2 aromatic rings. The van der Waals surface area contributed by atoms with Gasteiger partial charge in [-0.05, 0) is 13.3 Å². The molecule has 1 amide bonds. The molecule has 23 heavy (non-hydrogen) atoms. The number of aryl methyl sites for hydroxylation is 1. The lowest BCUT2D eigenvalue weighted by Crippen LogP contribution is -2.32. The van der Waals surface area contributed by atoms with Crippen molar-refractivity contribution in [3.05, 3.63) is 27.7 Å². The fourth-order valence-electron chi connectivity index (χ4n) is 2.52. The second-order valence-corrected chi connectivity index (χ2v) is 6.41. The lowest BCUT2D eigenvalue weighted by Gasteiger charge is -2.25. The summed E-state index contributed by atoms with van der Waals surface area (Å²) in [5.74, 6) is -0.941. The Morgan fingerprint density at radius 2 is 2.26 bits per heavy atom. The van der Waals surface area contributed by atoms with Gasteiger partial charge in [0, 0.05) is 18.3 Å². The Balaban J connectivity index is 1.65. The number of aromatic nitrogens is 4. The van der Waals surface area contributed by atoms with Crippen molar-refractivity contribution in [2.45, 2.75) is 39.0 Å². The number of nitrogens with one attached hydrogen (secondary N) is 1. The van der Waals surface area contributed by atoms with E-state index in [-0.39, 0.29) is 31.8 Å². The Bertz CT molecular complexity index is 724. The van der Waals surface area contributed by atoms with E-state index >= 15 is 0 Å². The number of carbonyl (C=O) groups excluding carboxylic acids is 1. The van der Waals surface area contributed by atoms with Crippen LogP contribution in [0.4, 0.5) is 13.2 Å². The number of hydrogen-bond donors (Lipinski definition) is 1. The van der Waals surface area contributed by atoms with Crippen molar-refractivity contribution in [2.75, 3.05) is 0 Å². The molecule has 0 saturated carbocycles. The molecule has 0 saturated heterocycles. The first kappa shape index (κ1) is 15.9. The summed E-state index contributed by atoms with van der Waals surface area (Å²) in [6.45, 7) is 2.11. The first-order valence-corrected chi connectivity index (χ1v) is 7.90. The van der Waals surface area contributed by atoms with Gasteiger partial charge in [0.15, 0.2) is 5.82 Å². The molecule has 1 N–H and O–H groups in total. The van der Waals surface area contributed by atoms with E-state index in [1.807, 2.05) is 0 Å². The van der Waals surface area contributed by atoms with Crippen LogP contribution in [-0.4, -0.2) is 31.8 Å². The number of alkyl halides is 3. The van der Waals surface area contributed by atoms with E-state index in [0.717, 1.165) is 5.01 Å². The van der Waals surface area contributed by atoms with Crippen molar-refractivity contribution in [2.24, 2.45) is 5.92 Å². The number of rotatable bonds is 3. The maximum absolute atomic E-state index is 12.8. The minimum atomic E-state index is -4.21. The van der Waals surface area contributed by atoms with Crippen LogP contribution in [0, 0.1) is 12.8 Å². The lowest BCUT2D eigenvalue weighted by molar-refractivity contribution is -0.179. The summed E-state index contributed by atoms with van der Waals surface area (Å²) in [4.78, 5) is 16.0. The smallest absolute Gasteiger partial charge is 0.343 e. The highest BCUT2D eigenvalue weighted by atomic mass is 32.1. The third kappa shape index (κ3) is 3.36. The van der Waals surface area contributed by atoms with Gasteiger partial charge in [0.1, 0.15) is 11.5 Å². The molecule has 124 valence electrons. The molecule has 3 rings (SSSR count). The maximum Gasteiger partial charge on any atom is 0.392 e. The SMILES string of the molecule is Cc1nc(C(=O)NCc2nnc3n2CC[C@H](C(F)(F)F)C3)cs1. The molecule has 6 nitrogen and oxygen atoms in total. The molecule has 10 heteroatoms. The van der Waals surface area contributed by atoms with E-state index in [1.165, 1.54) is 11.3 Å². The van der Waals surface area contributed by atoms with Gasteiger partial charge in [-0.1, -0.05) is 0 Å². The molecule has 2 aromatic heterocycles. The summed E-state index contributed by atoms with van der Waals surface area (Å²) in [5.41, 5.74) is 0.322. The van der Waals surface area contributed by atoms with Crippen molar-refractivity contribution in [3.63, 3.8) is 0 Å². The lowest BCUT2D eigenvalue weighted by atomic mass is 9.97. The van der Waals surface area contributed by atoms with E-state index in [2.05, 4.69) is 20.5 Å². The van der Waals surface area contributed by atoms with Gasteiger partial charge in [0.25, 0.3) is 5.91 Å². The number of carbonyl (C=O) groups is 1. The molecular weight excluding hydrogens is 331 g/mol. The number of halogens is 3. The minimum absolute atomic E-state index is 0.000761. The second kappa shape index (κ2) is 5.91. The van der Waals surface area contributed by atoms with Crippen LogP contribution in [0.5, 0.6) is 0 Å². The van der Waals surface area contributed by atoms with E-state index in [1.54, 1.807) is 16.9 Å². The third-order valence-electron chi connectivity index (χ3n) is 3.76. The van der Waals surface area contributed by atoms with Crippen LogP contribution in [-0.2, 0) is 19.5 Å². The zero-order valence-corrected chi connectivity index (χ0v) is 13.0. The summed E-state index contributed by atoms with van der Waals surface area (Å²) < 4.78 is 39.9. The first-order valence-electron chi connectivity index (χ1n) is 7.02. The van der Waals surface area contributed by atoms with Crippen molar-refractivity contribution in [1.29, 1.82) is 0 Å². The molecule has 0 bridgehead atoms. The van der Waals surface area contributed by atoms with Crippen molar-refractivity contribution >= 4 is 17.2 Å². The molecule has 0 aromatic carbocycles. The fourth-order valence-corrected chi connectivity index (χ4v) is 3.11. The highest BCUT2D eigenvalue weighted by Crippen LogP contribution is 2.34. The number of amides is 1. The quantitative estimate of drug-likeness (QED) is 0.925. The molecular formula is C13H14F3N5OS. The Morgan fingerprint density at radius 3 is 2.91 bits per heavy atom. The van der Waals surface area contributed by atoms with Crippen molar-refractivity contribution in [3.8, 4) is 0 Å². The summed E-state index contributed by atoms with van der Waals surface area (Å²) in [6.07, 6.45) is -4.38. The minimum Gasteiger partial charge on any atom is -0.343 e. The van der Waals surface area contributed by atoms with Crippen molar-refractivity contribution in [1.82, 2.24) is 25.1 Å². The largest absolute Gasteiger partial charge is 0.392 e. The number of fused-ring (bicyclic) bond motifs is 1. The molecule has 1 atom stereocenters. The van der Waals surface area contributed by atoms with Gasteiger partial charge in [0.2, 0.25) is 0 Å². The highest BCUT2D eigenvalue weighted by molar-refractivity contribution is 7.09. The van der Waals surface area contributed by atoms with Crippen LogP contribution >= 0.6 is 11.3 Å². The standard InChI is InChI=1S/C13H14F3N5OS/c1-7-18-9(6-23-7)12(22)17-5-11-20-19-10-4-8(13(14,15)16)2-3-21(10)11/h6,8H,2-5H2,1H3,(H,17,22)/t8-/m0/s1. The van der Waals surface area contributed by atoms with Gasteiger partial charge in [-0.2, -0.15) is 13.2 Å². The summed E-state index contributed by atoms with van der Waals surface area (Å²) >= 11 is 1.37. The maximum atomic E-state index is 12.8. The summed E-state index contributed by atoms with van der Waals surface area (Å²) in [7, 11) is 0. The van der Waals surface area contributed by atoms with Gasteiger partial charge in [-0.3, -0.25) is 4.79 Å². The van der Waals surface area contributed by atoms with Crippen LogP contribution < -0.4 is 5.32 Å². The molecule has 1 aliphatic heterocycles. The van der Waals surface area contributed by atoms with E-state index in [9.17, 15) is 18.0 Å². The molecule has 0 spiro atoms. The third-order valence-corrected chi connectivity index (χ3v) is 4.53. The van der Waals surface area contributed by atoms with Crippen molar-refractivity contribution < 1.29 is 18.0 Å². The zero-order valence-electron chi connectivity index (χ0n) is 12.2. The van der Waals surface area contributed by atoms with Crippen LogP contribution in [0.25, 0.3) is 0 Å². The Morgan fingerprint density at radius 1 is 1.48 bits per heavy atom. The van der Waals surface area contributed by atoms with Gasteiger partial charge < -0.3 is 9.88 Å². The normalized spacial score (nSPS) is 17.8. The van der Waals surface area contributed by atoms with Crippen LogP contribution in [0.3, 0.4) is 0 Å². The van der Waals surface area contributed by atoms with Gasteiger partial charge >= 0.3 is 6.18 Å². The van der Waals surface area contributed by atoms with Crippen LogP contribution in [0.1, 0.15) is 33.6 Å². The number of hydrogen-bond acceptors (Lipinski definition) is 5. The van der Waals surface area contributed by atoms with E-state index in [4.69, 9.17) is 0 Å². The molecule has 1 aliphatic rings.